The van der Waals surface area contributed by atoms with Gasteiger partial charge in [0.15, 0.2) is 0 Å². The van der Waals surface area contributed by atoms with Gasteiger partial charge in [-0.25, -0.2) is 0 Å². The van der Waals surface area contributed by atoms with Gasteiger partial charge in [0.2, 0.25) is 5.91 Å². The van der Waals surface area contributed by atoms with Gasteiger partial charge in [0.05, 0.1) is 0 Å². The molecule has 118 valence electrons. The van der Waals surface area contributed by atoms with Crippen LogP contribution in [0.15, 0.2) is 36.9 Å². The summed E-state index contributed by atoms with van der Waals surface area (Å²) in [6.45, 7) is 6.96. The zero-order valence-corrected chi connectivity index (χ0v) is 12.8. The molecule has 1 saturated heterocycles. The molecular weight excluding hydrogens is 280 g/mol. The highest BCUT2D eigenvalue weighted by atomic mass is 16.5. The maximum atomic E-state index is 12.2. The Morgan fingerprint density at radius 3 is 2.50 bits per heavy atom. The van der Waals surface area contributed by atoms with Crippen molar-refractivity contribution in [1.29, 1.82) is 0 Å². The highest BCUT2D eigenvalue weighted by Crippen LogP contribution is 2.19. The summed E-state index contributed by atoms with van der Waals surface area (Å²) in [4.78, 5) is 23.4. The summed E-state index contributed by atoms with van der Waals surface area (Å²) >= 11 is 0. The lowest BCUT2D eigenvalue weighted by molar-refractivity contribution is -0.111. The number of hydrogen-bond donors (Lipinski definition) is 2. The second kappa shape index (κ2) is 7.75. The molecule has 2 amide bonds. The van der Waals surface area contributed by atoms with Crippen LogP contribution in [-0.4, -0.2) is 31.1 Å². The normalized spacial score (nSPS) is 16.6. The molecule has 0 aliphatic carbocycles. The molecule has 1 aliphatic heterocycles. The molecule has 0 aromatic heterocycles. The summed E-state index contributed by atoms with van der Waals surface area (Å²) in [5, 5.41) is 5.69. The number of carbonyl (C=O) groups excluding carboxylic acids is 2. The average Bonchev–Trinajstić information content (AvgIpc) is 2.56. The first kappa shape index (κ1) is 16.2. The Morgan fingerprint density at radius 1 is 1.27 bits per heavy atom. The predicted octanol–water partition coefficient (Wildman–Crippen LogP) is 2.36. The number of benzene rings is 1. The largest absolute Gasteiger partial charge is 0.381 e. The van der Waals surface area contributed by atoms with Crippen molar-refractivity contribution < 1.29 is 14.3 Å². The van der Waals surface area contributed by atoms with Gasteiger partial charge in [0, 0.05) is 30.5 Å². The lowest BCUT2D eigenvalue weighted by Gasteiger charge is -2.28. The molecule has 1 aromatic carbocycles. The van der Waals surface area contributed by atoms with Gasteiger partial charge in [0.25, 0.3) is 5.91 Å². The Labute approximate surface area is 130 Å². The highest BCUT2D eigenvalue weighted by Gasteiger charge is 2.22. The highest BCUT2D eigenvalue weighted by molar-refractivity contribution is 5.99. The molecule has 1 heterocycles. The topological polar surface area (TPSA) is 67.4 Å². The molecule has 1 aromatic rings. The van der Waals surface area contributed by atoms with Crippen LogP contribution < -0.4 is 10.6 Å². The SMILES string of the molecule is C=CC(=O)Nc1ccc(C(=O)N[C@H](C)C2CCOCC2)cc1. The van der Waals surface area contributed by atoms with Gasteiger partial charge in [-0.1, -0.05) is 6.58 Å². The summed E-state index contributed by atoms with van der Waals surface area (Å²) < 4.78 is 5.34. The van der Waals surface area contributed by atoms with Crippen LogP contribution in [0.3, 0.4) is 0 Å². The quantitative estimate of drug-likeness (QED) is 0.821. The Kier molecular flexibility index (Phi) is 5.72. The molecule has 1 fully saturated rings. The maximum absolute atomic E-state index is 12.2. The third kappa shape index (κ3) is 4.43. The van der Waals surface area contributed by atoms with Crippen molar-refractivity contribution in [3.63, 3.8) is 0 Å². The van der Waals surface area contributed by atoms with Gasteiger partial charge < -0.3 is 15.4 Å². The van der Waals surface area contributed by atoms with Crippen molar-refractivity contribution in [3.05, 3.63) is 42.5 Å². The van der Waals surface area contributed by atoms with Crippen molar-refractivity contribution in [2.24, 2.45) is 5.92 Å². The molecule has 5 heteroatoms. The smallest absolute Gasteiger partial charge is 0.251 e. The van der Waals surface area contributed by atoms with Crippen LogP contribution in [0.25, 0.3) is 0 Å². The predicted molar refractivity (Wildman–Crippen MR) is 85.7 cm³/mol. The second-order valence-electron chi connectivity index (χ2n) is 5.48. The van der Waals surface area contributed by atoms with Crippen LogP contribution in [0.1, 0.15) is 30.1 Å². The van der Waals surface area contributed by atoms with Gasteiger partial charge in [-0.15, -0.1) is 0 Å². The molecular formula is C17H22N2O3. The van der Waals surface area contributed by atoms with Gasteiger partial charge in [-0.05, 0) is 56.0 Å². The fourth-order valence-electron chi connectivity index (χ4n) is 2.52. The van der Waals surface area contributed by atoms with E-state index in [0.29, 0.717) is 17.2 Å². The summed E-state index contributed by atoms with van der Waals surface area (Å²) in [5.41, 5.74) is 1.22. The van der Waals surface area contributed by atoms with E-state index in [4.69, 9.17) is 4.74 Å². The first-order valence-corrected chi connectivity index (χ1v) is 7.52. The summed E-state index contributed by atoms with van der Waals surface area (Å²) in [6.07, 6.45) is 3.16. The molecule has 0 bridgehead atoms. The number of nitrogens with one attached hydrogen (secondary N) is 2. The number of ether oxygens (including phenoxy) is 1. The first-order valence-electron chi connectivity index (χ1n) is 7.52. The maximum Gasteiger partial charge on any atom is 0.251 e. The van der Waals surface area contributed by atoms with E-state index < -0.39 is 0 Å². The van der Waals surface area contributed by atoms with E-state index in [-0.39, 0.29) is 17.9 Å². The van der Waals surface area contributed by atoms with Gasteiger partial charge >= 0.3 is 0 Å². The van der Waals surface area contributed by atoms with Crippen molar-refractivity contribution in [2.75, 3.05) is 18.5 Å². The van der Waals surface area contributed by atoms with Crippen LogP contribution in [0.2, 0.25) is 0 Å². The molecule has 1 aliphatic rings. The molecule has 1 atom stereocenters. The van der Waals surface area contributed by atoms with Gasteiger partial charge in [0.1, 0.15) is 0 Å². The Balaban J connectivity index is 1.91. The number of carbonyl (C=O) groups is 2. The van der Waals surface area contributed by atoms with E-state index >= 15 is 0 Å². The Morgan fingerprint density at radius 2 is 1.91 bits per heavy atom. The molecule has 0 saturated carbocycles. The van der Waals surface area contributed by atoms with E-state index in [0.717, 1.165) is 26.1 Å². The molecule has 0 unspecified atom stereocenters. The lowest BCUT2D eigenvalue weighted by Crippen LogP contribution is -2.40. The van der Waals surface area contributed by atoms with Crippen LogP contribution >= 0.6 is 0 Å². The lowest BCUT2D eigenvalue weighted by atomic mass is 9.93. The minimum absolute atomic E-state index is 0.0967. The zero-order chi connectivity index (χ0) is 15.9. The second-order valence-corrected chi connectivity index (χ2v) is 5.48. The summed E-state index contributed by atoms with van der Waals surface area (Å²) in [6, 6.07) is 6.93. The van der Waals surface area contributed by atoms with E-state index in [1.165, 1.54) is 6.08 Å². The third-order valence-corrected chi connectivity index (χ3v) is 3.93. The van der Waals surface area contributed by atoms with Crippen molar-refractivity contribution in [1.82, 2.24) is 5.32 Å². The van der Waals surface area contributed by atoms with Crippen LogP contribution in [-0.2, 0) is 9.53 Å². The molecule has 2 rings (SSSR count). The van der Waals surface area contributed by atoms with E-state index in [2.05, 4.69) is 17.2 Å². The molecule has 22 heavy (non-hydrogen) atoms. The van der Waals surface area contributed by atoms with Crippen LogP contribution in [0.4, 0.5) is 5.69 Å². The molecule has 0 radical (unpaired) electrons. The van der Waals surface area contributed by atoms with Crippen LogP contribution in [0.5, 0.6) is 0 Å². The fourth-order valence-corrected chi connectivity index (χ4v) is 2.52. The van der Waals surface area contributed by atoms with E-state index in [9.17, 15) is 9.59 Å². The number of anilines is 1. The third-order valence-electron chi connectivity index (χ3n) is 3.93. The van der Waals surface area contributed by atoms with Crippen molar-refractivity contribution >= 4 is 17.5 Å². The van der Waals surface area contributed by atoms with Crippen LogP contribution in [0, 0.1) is 5.92 Å². The fraction of sp³-hybridized carbons (Fsp3) is 0.412. The standard InChI is InChI=1S/C17H22N2O3/c1-3-16(20)19-15-6-4-14(5-7-15)17(21)18-12(2)13-8-10-22-11-9-13/h3-7,12-13H,1,8-11H2,2H3,(H,18,21)(H,19,20)/t12-/m1/s1. The minimum atomic E-state index is -0.273. The first-order chi connectivity index (χ1) is 10.6. The Bertz CT molecular complexity index is 533. The Hall–Kier alpha value is -2.14. The minimum Gasteiger partial charge on any atom is -0.381 e. The molecule has 5 nitrogen and oxygen atoms in total. The monoisotopic (exact) mass is 302 g/mol. The summed E-state index contributed by atoms with van der Waals surface area (Å²) in [5.74, 6) is 0.0924. The number of amides is 2. The van der Waals surface area contributed by atoms with E-state index in [1.54, 1.807) is 24.3 Å². The van der Waals surface area contributed by atoms with E-state index in [1.807, 2.05) is 6.92 Å². The van der Waals surface area contributed by atoms with Crippen molar-refractivity contribution in [2.45, 2.75) is 25.8 Å². The van der Waals surface area contributed by atoms with Gasteiger partial charge in [-0.3, -0.25) is 9.59 Å². The molecule has 2 N–H and O–H groups in total. The zero-order valence-electron chi connectivity index (χ0n) is 12.8. The average molecular weight is 302 g/mol. The number of hydrogen-bond acceptors (Lipinski definition) is 3. The summed E-state index contributed by atoms with van der Waals surface area (Å²) in [7, 11) is 0. The number of rotatable bonds is 5. The van der Waals surface area contributed by atoms with Crippen molar-refractivity contribution in [3.8, 4) is 0 Å². The molecule has 0 spiro atoms. The van der Waals surface area contributed by atoms with Gasteiger partial charge in [-0.2, -0.15) is 0 Å².